The van der Waals surface area contributed by atoms with Gasteiger partial charge in [-0.3, -0.25) is 19.3 Å². The predicted molar refractivity (Wildman–Crippen MR) is 159 cm³/mol. The molecule has 9 heteroatoms. The average molecular weight is 569 g/mol. The number of hydrogen-bond donors (Lipinski definition) is 2. The number of benzene rings is 2. The molecule has 6 rings (SSSR count). The number of aromatic amines is 1. The van der Waals surface area contributed by atoms with E-state index in [0.29, 0.717) is 44.5 Å². The molecule has 3 aromatic rings. The Labute approximate surface area is 247 Å². The molecule has 2 bridgehead atoms. The molecule has 0 saturated carbocycles. The summed E-state index contributed by atoms with van der Waals surface area (Å²) in [5.74, 6) is -0.307. The van der Waals surface area contributed by atoms with E-state index in [4.69, 9.17) is 0 Å². The second-order valence-corrected chi connectivity index (χ2v) is 11.8. The minimum absolute atomic E-state index is 0.0241. The van der Waals surface area contributed by atoms with Crippen molar-refractivity contribution in [3.8, 4) is 0 Å². The highest BCUT2D eigenvalue weighted by molar-refractivity contribution is 5.95. The number of rotatable bonds is 4. The van der Waals surface area contributed by atoms with Crippen molar-refractivity contribution in [2.45, 2.75) is 57.2 Å². The van der Waals surface area contributed by atoms with Crippen molar-refractivity contribution in [1.29, 1.82) is 0 Å². The van der Waals surface area contributed by atoms with Gasteiger partial charge < -0.3 is 20.1 Å². The second-order valence-electron chi connectivity index (χ2n) is 11.8. The van der Waals surface area contributed by atoms with E-state index in [1.165, 1.54) is 11.1 Å². The maximum atomic E-state index is 14.0. The molecule has 0 spiro atoms. The van der Waals surface area contributed by atoms with Crippen LogP contribution in [0.15, 0.2) is 67.1 Å². The molecule has 3 aliphatic rings. The van der Waals surface area contributed by atoms with E-state index in [2.05, 4.69) is 32.3 Å². The summed E-state index contributed by atoms with van der Waals surface area (Å²) in [7, 11) is 0. The molecule has 2 fully saturated rings. The van der Waals surface area contributed by atoms with Gasteiger partial charge in [0.2, 0.25) is 11.8 Å². The summed E-state index contributed by atoms with van der Waals surface area (Å²) in [6, 6.07) is 16.8. The molecular weight excluding hydrogens is 528 g/mol. The number of hydrogen-bond acceptors (Lipinski definition) is 5. The highest BCUT2D eigenvalue weighted by Gasteiger charge is 2.45. The maximum absolute atomic E-state index is 14.0. The Hall–Kier alpha value is -3.98. The smallest absolute Gasteiger partial charge is 0.254 e. The van der Waals surface area contributed by atoms with Gasteiger partial charge in [-0.2, -0.15) is 0 Å². The van der Waals surface area contributed by atoms with Crippen molar-refractivity contribution in [3.63, 3.8) is 0 Å². The van der Waals surface area contributed by atoms with Gasteiger partial charge in [-0.25, -0.2) is 4.98 Å². The quantitative estimate of drug-likeness (QED) is 0.504. The van der Waals surface area contributed by atoms with E-state index in [0.717, 1.165) is 44.6 Å². The van der Waals surface area contributed by atoms with Crippen molar-refractivity contribution in [1.82, 2.24) is 30.0 Å². The lowest BCUT2D eigenvalue weighted by Gasteiger charge is -2.31. The van der Waals surface area contributed by atoms with Gasteiger partial charge in [-0.1, -0.05) is 42.5 Å². The molecule has 0 radical (unpaired) electrons. The molecule has 2 aromatic carbocycles. The van der Waals surface area contributed by atoms with Crippen LogP contribution in [0.5, 0.6) is 0 Å². The number of carbonyl (C=O) groups is 3. The molecule has 1 aromatic heterocycles. The molecule has 220 valence electrons. The Balaban J connectivity index is 1.24. The van der Waals surface area contributed by atoms with Gasteiger partial charge in [0.15, 0.2) is 0 Å². The summed E-state index contributed by atoms with van der Waals surface area (Å²) >= 11 is 0. The van der Waals surface area contributed by atoms with Crippen molar-refractivity contribution >= 4 is 17.7 Å². The van der Waals surface area contributed by atoms with E-state index < -0.39 is 6.04 Å². The van der Waals surface area contributed by atoms with E-state index in [1.54, 1.807) is 11.2 Å². The number of nitrogens with zero attached hydrogens (tertiary/aromatic N) is 4. The summed E-state index contributed by atoms with van der Waals surface area (Å²) in [5.41, 5.74) is 4.12. The van der Waals surface area contributed by atoms with Crippen LogP contribution < -0.4 is 5.32 Å². The molecule has 1 aliphatic carbocycles. The summed E-state index contributed by atoms with van der Waals surface area (Å²) < 4.78 is 0. The molecule has 3 amide bonds. The van der Waals surface area contributed by atoms with Crippen molar-refractivity contribution < 1.29 is 14.4 Å². The van der Waals surface area contributed by atoms with Gasteiger partial charge in [-0.15, -0.1) is 0 Å². The minimum atomic E-state index is -0.572. The third-order valence-electron chi connectivity index (χ3n) is 9.01. The summed E-state index contributed by atoms with van der Waals surface area (Å²) in [6.45, 7) is 3.99. The summed E-state index contributed by atoms with van der Waals surface area (Å²) in [5, 5.41) is 3.12. The van der Waals surface area contributed by atoms with Crippen LogP contribution in [0.25, 0.3) is 0 Å². The molecule has 2 atom stereocenters. The first kappa shape index (κ1) is 28.2. The van der Waals surface area contributed by atoms with Crippen molar-refractivity contribution in [2.24, 2.45) is 5.92 Å². The van der Waals surface area contributed by atoms with E-state index >= 15 is 0 Å². The standard InChI is InChI=1S/C33H40N6O3/c40-31-30-19-29(22-39(30)33(42)27-17-25-11-4-5-12-26(25)18-27)38(32(41)24-9-2-1-3-10-24)16-8-15-37(14-7-6-13-35-31)21-28-20-34-23-36-28/h1-5,9-12,20,23,27,29-30H,6-8,13-19,21-22H2,(H,34,36)(H,35,40)/t29-,30-/m0/s1. The molecule has 3 heterocycles. The Morgan fingerprint density at radius 2 is 1.62 bits per heavy atom. The first-order valence-corrected chi connectivity index (χ1v) is 15.3. The third kappa shape index (κ3) is 6.26. The number of likely N-dealkylation sites (tertiary alicyclic amines) is 1. The van der Waals surface area contributed by atoms with Gasteiger partial charge in [-0.05, 0) is 68.3 Å². The van der Waals surface area contributed by atoms with Crippen LogP contribution in [0.4, 0.5) is 0 Å². The van der Waals surface area contributed by atoms with Crippen LogP contribution in [-0.2, 0) is 29.0 Å². The molecule has 2 N–H and O–H groups in total. The first-order chi connectivity index (χ1) is 20.6. The highest BCUT2D eigenvalue weighted by atomic mass is 16.2. The minimum Gasteiger partial charge on any atom is -0.354 e. The molecule has 0 unspecified atom stereocenters. The van der Waals surface area contributed by atoms with Crippen molar-refractivity contribution in [3.05, 3.63) is 89.5 Å². The zero-order valence-corrected chi connectivity index (χ0v) is 24.1. The van der Waals surface area contributed by atoms with Gasteiger partial charge in [0, 0.05) is 56.1 Å². The molecule has 9 nitrogen and oxygen atoms in total. The van der Waals surface area contributed by atoms with Crippen molar-refractivity contribution in [2.75, 3.05) is 32.7 Å². The Morgan fingerprint density at radius 3 is 2.36 bits per heavy atom. The van der Waals surface area contributed by atoms with Gasteiger partial charge in [0.05, 0.1) is 12.4 Å². The van der Waals surface area contributed by atoms with Crippen LogP contribution in [-0.4, -0.2) is 87.2 Å². The number of amides is 3. The zero-order chi connectivity index (χ0) is 28.9. The number of H-pyrrole nitrogens is 1. The fourth-order valence-corrected chi connectivity index (χ4v) is 6.83. The summed E-state index contributed by atoms with van der Waals surface area (Å²) in [4.78, 5) is 55.0. The molecular formula is C33H40N6O3. The Bertz CT molecular complexity index is 1350. The maximum Gasteiger partial charge on any atom is 0.254 e. The van der Waals surface area contributed by atoms with E-state index in [9.17, 15) is 14.4 Å². The number of imidazole rings is 1. The topological polar surface area (TPSA) is 102 Å². The monoisotopic (exact) mass is 568 g/mol. The largest absolute Gasteiger partial charge is 0.354 e. The fraction of sp³-hybridized carbons (Fsp3) is 0.455. The summed E-state index contributed by atoms with van der Waals surface area (Å²) in [6.07, 6.45) is 8.00. The number of nitrogens with one attached hydrogen (secondary N) is 2. The van der Waals surface area contributed by atoms with Crippen LogP contribution in [0, 0.1) is 5.92 Å². The van der Waals surface area contributed by atoms with Crippen LogP contribution in [0.3, 0.4) is 0 Å². The Morgan fingerprint density at radius 1 is 0.881 bits per heavy atom. The number of fused-ring (bicyclic) bond motifs is 3. The lowest BCUT2D eigenvalue weighted by atomic mass is 10.0. The third-order valence-corrected chi connectivity index (χ3v) is 9.01. The van der Waals surface area contributed by atoms with Crippen LogP contribution >= 0.6 is 0 Å². The first-order valence-electron chi connectivity index (χ1n) is 15.3. The van der Waals surface area contributed by atoms with Gasteiger partial charge >= 0.3 is 0 Å². The normalized spacial score (nSPS) is 22.4. The highest BCUT2D eigenvalue weighted by Crippen LogP contribution is 2.32. The second kappa shape index (κ2) is 12.9. The van der Waals surface area contributed by atoms with Gasteiger partial charge in [0.25, 0.3) is 5.91 Å². The van der Waals surface area contributed by atoms with Gasteiger partial charge in [0.1, 0.15) is 6.04 Å². The van der Waals surface area contributed by atoms with Crippen LogP contribution in [0.2, 0.25) is 0 Å². The Kier molecular flexibility index (Phi) is 8.65. The van der Waals surface area contributed by atoms with Crippen LogP contribution in [0.1, 0.15) is 52.9 Å². The zero-order valence-electron chi connectivity index (χ0n) is 24.1. The fourth-order valence-electron chi connectivity index (χ4n) is 6.83. The predicted octanol–water partition coefficient (Wildman–Crippen LogP) is 3.04. The average Bonchev–Trinajstić information content (AvgIpc) is 3.78. The van der Waals surface area contributed by atoms with E-state index in [-0.39, 0.29) is 29.7 Å². The van der Waals surface area contributed by atoms with E-state index in [1.807, 2.05) is 53.6 Å². The lowest BCUT2D eigenvalue weighted by molar-refractivity contribution is -0.141. The molecule has 2 aliphatic heterocycles. The molecule has 2 saturated heterocycles. The SMILES string of the molecule is O=C1NCCCCN(Cc2cnc[nH]2)CCCN(C(=O)c2ccccc2)[C@H]2C[C@@H]1N(C(=O)C1Cc3ccccc3C1)C2. The molecule has 42 heavy (non-hydrogen) atoms. The number of carbonyl (C=O) groups excluding carboxylic acids is 3. The number of aromatic nitrogens is 2. The lowest BCUT2D eigenvalue weighted by Crippen LogP contribution is -2.48.